The summed E-state index contributed by atoms with van der Waals surface area (Å²) in [5, 5.41) is 0. The van der Waals surface area contributed by atoms with Crippen LogP contribution in [0.25, 0.3) is 0 Å². The Balaban J connectivity index is 2.28. The molecule has 0 spiro atoms. The van der Waals surface area contributed by atoms with Crippen LogP contribution in [-0.2, 0) is 0 Å². The van der Waals surface area contributed by atoms with E-state index in [0.29, 0.717) is 23.6 Å². The van der Waals surface area contributed by atoms with Gasteiger partial charge in [-0.15, -0.1) is 0 Å². The molecule has 2 unspecified atom stereocenters. The van der Waals surface area contributed by atoms with Crippen LogP contribution in [0.1, 0.15) is 45.7 Å². The molecule has 0 radical (unpaired) electrons. The lowest BCUT2D eigenvalue weighted by Crippen LogP contribution is -2.39. The fourth-order valence-electron chi connectivity index (χ4n) is 2.83. The Kier molecular flexibility index (Phi) is 3.88. The van der Waals surface area contributed by atoms with E-state index in [4.69, 9.17) is 0 Å². The average molecular weight is 250 g/mol. The molecule has 0 amide bonds. The largest absolute Gasteiger partial charge is 0.354 e. The Labute approximate surface area is 109 Å². The molecule has 2 heterocycles. The fraction of sp³-hybridized carbons (Fsp3) is 0.667. The summed E-state index contributed by atoms with van der Waals surface area (Å²) in [6.07, 6.45) is 1.22. The van der Waals surface area contributed by atoms with Gasteiger partial charge in [-0.3, -0.25) is 0 Å². The summed E-state index contributed by atoms with van der Waals surface area (Å²) in [7, 11) is 0. The number of halogens is 1. The van der Waals surface area contributed by atoms with Gasteiger partial charge in [0.25, 0.3) is 0 Å². The highest BCUT2D eigenvalue weighted by Crippen LogP contribution is 2.28. The lowest BCUT2D eigenvalue weighted by Gasteiger charge is -2.36. The van der Waals surface area contributed by atoms with Gasteiger partial charge >= 0.3 is 0 Å². The molecule has 2 atom stereocenters. The number of anilines is 1. The van der Waals surface area contributed by atoms with E-state index < -0.39 is 0 Å². The lowest BCUT2D eigenvalue weighted by molar-refractivity contribution is 0.352. The van der Waals surface area contributed by atoms with Gasteiger partial charge in [0.1, 0.15) is 0 Å². The molecule has 2 nitrogen and oxygen atoms in total. The molecule has 0 N–H and O–H groups in total. The molecule has 0 bridgehead atoms. The van der Waals surface area contributed by atoms with Crippen molar-refractivity contribution in [3.8, 4) is 0 Å². The smallest absolute Gasteiger partial charge is 0.165 e. The molecule has 1 aliphatic rings. The Morgan fingerprint density at radius 1 is 1.22 bits per heavy atom. The number of hydrogen-bond donors (Lipinski definition) is 0. The molecular formula is C15H23FN2. The molecular weight excluding hydrogens is 227 g/mol. The number of nitrogens with zero attached hydrogens (tertiary/aromatic N) is 2. The second-order valence-corrected chi connectivity index (χ2v) is 6.05. The lowest BCUT2D eigenvalue weighted by atomic mass is 9.92. The van der Waals surface area contributed by atoms with Crippen molar-refractivity contribution in [2.75, 3.05) is 18.0 Å². The summed E-state index contributed by atoms with van der Waals surface area (Å²) in [6, 6.07) is 3.35. The highest BCUT2D eigenvalue weighted by molar-refractivity contribution is 5.42. The maximum Gasteiger partial charge on any atom is 0.165 e. The van der Waals surface area contributed by atoms with Crippen molar-refractivity contribution in [1.82, 2.24) is 4.98 Å². The van der Waals surface area contributed by atoms with Crippen LogP contribution in [0.15, 0.2) is 12.1 Å². The minimum absolute atomic E-state index is 0.194. The van der Waals surface area contributed by atoms with Crippen molar-refractivity contribution in [3.63, 3.8) is 0 Å². The van der Waals surface area contributed by atoms with E-state index in [1.54, 1.807) is 12.1 Å². The molecule has 2 rings (SSSR count). The van der Waals surface area contributed by atoms with Gasteiger partial charge in [-0.2, -0.15) is 0 Å². The van der Waals surface area contributed by atoms with Crippen LogP contribution >= 0.6 is 0 Å². The first-order valence-corrected chi connectivity index (χ1v) is 6.88. The van der Waals surface area contributed by atoms with E-state index in [2.05, 4.69) is 37.6 Å². The summed E-state index contributed by atoms with van der Waals surface area (Å²) >= 11 is 0. The third kappa shape index (κ3) is 2.82. The Bertz CT molecular complexity index is 407. The number of aromatic nitrogens is 1. The molecule has 1 saturated heterocycles. The van der Waals surface area contributed by atoms with Crippen LogP contribution in [0.2, 0.25) is 0 Å². The summed E-state index contributed by atoms with van der Waals surface area (Å²) < 4.78 is 14.0. The van der Waals surface area contributed by atoms with E-state index >= 15 is 0 Å². The molecule has 1 aromatic rings. The van der Waals surface area contributed by atoms with Crippen molar-refractivity contribution in [2.45, 2.75) is 40.0 Å². The van der Waals surface area contributed by atoms with Crippen LogP contribution in [0.5, 0.6) is 0 Å². The number of rotatable bonds is 2. The van der Waals surface area contributed by atoms with Crippen LogP contribution < -0.4 is 4.90 Å². The van der Waals surface area contributed by atoms with E-state index in [9.17, 15) is 4.39 Å². The molecule has 1 aromatic heterocycles. The molecule has 100 valence electrons. The quantitative estimate of drug-likeness (QED) is 0.793. The third-order valence-electron chi connectivity index (χ3n) is 3.61. The SMILES string of the molecule is CC1CC(C)CN(c2nc(C(C)C)ccc2F)C1. The number of pyridine rings is 1. The Hall–Kier alpha value is -1.12. The molecule has 0 saturated carbocycles. The summed E-state index contributed by atoms with van der Waals surface area (Å²) in [5.41, 5.74) is 0.970. The Morgan fingerprint density at radius 3 is 2.39 bits per heavy atom. The molecule has 1 fully saturated rings. The number of hydrogen-bond acceptors (Lipinski definition) is 2. The van der Waals surface area contributed by atoms with Gasteiger partial charge in [-0.1, -0.05) is 27.7 Å². The van der Waals surface area contributed by atoms with Crippen LogP contribution in [-0.4, -0.2) is 18.1 Å². The normalized spacial score (nSPS) is 24.7. The van der Waals surface area contributed by atoms with Crippen LogP contribution in [0, 0.1) is 17.7 Å². The van der Waals surface area contributed by atoms with E-state index in [1.807, 2.05) is 0 Å². The van der Waals surface area contributed by atoms with Crippen molar-refractivity contribution in [3.05, 3.63) is 23.6 Å². The highest BCUT2D eigenvalue weighted by atomic mass is 19.1. The van der Waals surface area contributed by atoms with Crippen molar-refractivity contribution in [2.24, 2.45) is 11.8 Å². The van der Waals surface area contributed by atoms with Crippen LogP contribution in [0.3, 0.4) is 0 Å². The van der Waals surface area contributed by atoms with Crippen molar-refractivity contribution >= 4 is 5.82 Å². The van der Waals surface area contributed by atoms with Gasteiger partial charge in [0.15, 0.2) is 11.6 Å². The number of piperidine rings is 1. The maximum absolute atomic E-state index is 14.0. The summed E-state index contributed by atoms with van der Waals surface area (Å²) in [6.45, 7) is 10.5. The maximum atomic E-state index is 14.0. The zero-order chi connectivity index (χ0) is 13.3. The first-order chi connectivity index (χ1) is 8.47. The Morgan fingerprint density at radius 2 is 1.83 bits per heavy atom. The first-order valence-electron chi connectivity index (χ1n) is 6.88. The minimum atomic E-state index is -0.194. The second-order valence-electron chi connectivity index (χ2n) is 6.05. The van der Waals surface area contributed by atoms with Gasteiger partial charge in [0.05, 0.1) is 0 Å². The van der Waals surface area contributed by atoms with Gasteiger partial charge < -0.3 is 4.90 Å². The molecule has 0 aromatic carbocycles. The van der Waals surface area contributed by atoms with E-state index in [1.165, 1.54) is 6.42 Å². The predicted molar refractivity (Wildman–Crippen MR) is 73.4 cm³/mol. The van der Waals surface area contributed by atoms with Crippen molar-refractivity contribution in [1.29, 1.82) is 0 Å². The molecule has 3 heteroatoms. The van der Waals surface area contributed by atoms with E-state index in [-0.39, 0.29) is 5.82 Å². The van der Waals surface area contributed by atoms with Gasteiger partial charge in [0.2, 0.25) is 0 Å². The third-order valence-corrected chi connectivity index (χ3v) is 3.61. The monoisotopic (exact) mass is 250 g/mol. The van der Waals surface area contributed by atoms with Gasteiger partial charge in [-0.05, 0) is 36.3 Å². The topological polar surface area (TPSA) is 16.1 Å². The summed E-state index contributed by atoms with van der Waals surface area (Å²) in [5.74, 6) is 1.90. The summed E-state index contributed by atoms with van der Waals surface area (Å²) in [4.78, 5) is 6.63. The van der Waals surface area contributed by atoms with Crippen molar-refractivity contribution < 1.29 is 4.39 Å². The second kappa shape index (κ2) is 5.25. The fourth-order valence-corrected chi connectivity index (χ4v) is 2.83. The molecule has 18 heavy (non-hydrogen) atoms. The average Bonchev–Trinajstić information content (AvgIpc) is 2.27. The zero-order valence-corrected chi connectivity index (χ0v) is 11.8. The standard InChI is InChI=1S/C15H23FN2/c1-10(2)14-6-5-13(16)15(17-14)18-8-11(3)7-12(4)9-18/h5-6,10-12H,7-9H2,1-4H3. The van der Waals surface area contributed by atoms with Gasteiger partial charge in [-0.25, -0.2) is 9.37 Å². The minimum Gasteiger partial charge on any atom is -0.354 e. The highest BCUT2D eigenvalue weighted by Gasteiger charge is 2.25. The van der Waals surface area contributed by atoms with E-state index in [0.717, 1.165) is 18.8 Å². The first kappa shape index (κ1) is 13.3. The molecule has 0 aliphatic carbocycles. The van der Waals surface area contributed by atoms with Gasteiger partial charge in [0, 0.05) is 18.8 Å². The zero-order valence-electron chi connectivity index (χ0n) is 11.8. The predicted octanol–water partition coefficient (Wildman–Crippen LogP) is 3.83. The van der Waals surface area contributed by atoms with Crippen LogP contribution in [0.4, 0.5) is 10.2 Å². The molecule has 1 aliphatic heterocycles.